The van der Waals surface area contributed by atoms with Gasteiger partial charge in [-0.1, -0.05) is 5.16 Å². The minimum atomic E-state index is 0.0410. The van der Waals surface area contributed by atoms with Crippen molar-refractivity contribution < 1.29 is 9.26 Å². The van der Waals surface area contributed by atoms with E-state index in [1.165, 1.54) is 5.56 Å². The van der Waals surface area contributed by atoms with Crippen LogP contribution in [0.4, 0.5) is 5.82 Å². The van der Waals surface area contributed by atoms with Gasteiger partial charge in [0.15, 0.2) is 5.82 Å². The zero-order valence-electron chi connectivity index (χ0n) is 13.5. The van der Waals surface area contributed by atoms with Gasteiger partial charge in [0.05, 0.1) is 11.7 Å². The number of hydrogen-bond donors (Lipinski definition) is 0. The number of hydrogen-bond acceptors (Lipinski definition) is 7. The highest BCUT2D eigenvalue weighted by atomic mass is 32.1. The Morgan fingerprint density at radius 2 is 2.21 bits per heavy atom. The van der Waals surface area contributed by atoms with Crippen LogP contribution in [0.2, 0.25) is 0 Å². The summed E-state index contributed by atoms with van der Waals surface area (Å²) in [5.41, 5.74) is 2.07. The predicted octanol–water partition coefficient (Wildman–Crippen LogP) is 3.47. The Morgan fingerprint density at radius 3 is 2.96 bits per heavy atom. The minimum Gasteiger partial charge on any atom is -0.367 e. The normalized spacial score (nSPS) is 21.2. The van der Waals surface area contributed by atoms with E-state index in [1.807, 2.05) is 19.1 Å². The van der Waals surface area contributed by atoms with E-state index in [9.17, 15) is 0 Å². The van der Waals surface area contributed by atoms with Gasteiger partial charge in [-0.05, 0) is 48.4 Å². The first kappa shape index (κ1) is 15.3. The summed E-state index contributed by atoms with van der Waals surface area (Å²) in [6.45, 7) is 5.42. The Bertz CT molecular complexity index is 818. The maximum atomic E-state index is 6.12. The fourth-order valence-electron chi connectivity index (χ4n) is 2.99. The highest BCUT2D eigenvalue weighted by Crippen LogP contribution is 2.33. The van der Waals surface area contributed by atoms with Crippen molar-refractivity contribution in [3.8, 4) is 11.5 Å². The van der Waals surface area contributed by atoms with Gasteiger partial charge in [0, 0.05) is 19.3 Å². The monoisotopic (exact) mass is 342 g/mol. The number of nitrogens with zero attached hydrogens (tertiary/aromatic N) is 4. The quantitative estimate of drug-likeness (QED) is 0.726. The molecular formula is C17H18N4O2S. The maximum Gasteiger partial charge on any atom is 0.261 e. The van der Waals surface area contributed by atoms with E-state index in [0.717, 1.165) is 24.5 Å². The number of pyridine rings is 1. The summed E-state index contributed by atoms with van der Waals surface area (Å²) >= 11 is 1.69. The van der Waals surface area contributed by atoms with Crippen LogP contribution < -0.4 is 4.90 Å². The lowest BCUT2D eigenvalue weighted by Crippen LogP contribution is -2.43. The molecule has 0 bridgehead atoms. The standard InChI is InChI=1S/C17H18N4O2S/c1-11-8-21(9-15(22-11)13-5-7-24-10-13)16-14(4-3-6-18-16)17-19-12(2)20-23-17/h3-7,10-11,15H,8-9H2,1-2H3/t11-,15-/m1/s1. The lowest BCUT2D eigenvalue weighted by molar-refractivity contribution is -0.0173. The van der Waals surface area contributed by atoms with Crippen molar-refractivity contribution in [3.63, 3.8) is 0 Å². The van der Waals surface area contributed by atoms with E-state index in [-0.39, 0.29) is 12.2 Å². The first-order chi connectivity index (χ1) is 11.7. The average Bonchev–Trinajstić information content (AvgIpc) is 3.26. The van der Waals surface area contributed by atoms with Crippen LogP contribution in [0.3, 0.4) is 0 Å². The van der Waals surface area contributed by atoms with Crippen LogP contribution in [0, 0.1) is 6.92 Å². The van der Waals surface area contributed by atoms with Crippen LogP contribution in [0.15, 0.2) is 39.7 Å². The summed E-state index contributed by atoms with van der Waals surface area (Å²) < 4.78 is 11.5. The summed E-state index contributed by atoms with van der Waals surface area (Å²) in [5, 5.41) is 8.11. The van der Waals surface area contributed by atoms with Crippen molar-refractivity contribution in [1.82, 2.24) is 15.1 Å². The molecule has 1 saturated heterocycles. The van der Waals surface area contributed by atoms with Gasteiger partial charge in [-0.2, -0.15) is 16.3 Å². The molecule has 0 aliphatic carbocycles. The van der Waals surface area contributed by atoms with Crippen molar-refractivity contribution in [1.29, 1.82) is 0 Å². The molecule has 7 heteroatoms. The van der Waals surface area contributed by atoms with E-state index in [1.54, 1.807) is 17.5 Å². The second kappa shape index (κ2) is 6.33. The molecule has 3 aromatic rings. The van der Waals surface area contributed by atoms with Gasteiger partial charge in [0.1, 0.15) is 11.9 Å². The van der Waals surface area contributed by atoms with E-state index in [0.29, 0.717) is 11.7 Å². The molecule has 3 aromatic heterocycles. The van der Waals surface area contributed by atoms with Gasteiger partial charge < -0.3 is 14.2 Å². The molecule has 0 amide bonds. The van der Waals surface area contributed by atoms with Crippen LogP contribution in [-0.2, 0) is 4.74 Å². The first-order valence-electron chi connectivity index (χ1n) is 7.89. The zero-order valence-corrected chi connectivity index (χ0v) is 14.4. The second-order valence-corrected chi connectivity index (χ2v) is 6.70. The van der Waals surface area contributed by atoms with Crippen molar-refractivity contribution in [2.75, 3.05) is 18.0 Å². The fraction of sp³-hybridized carbons (Fsp3) is 0.353. The Hall–Kier alpha value is -2.25. The van der Waals surface area contributed by atoms with Gasteiger partial charge in [-0.15, -0.1) is 0 Å². The third-order valence-electron chi connectivity index (χ3n) is 4.02. The number of aryl methyl sites for hydroxylation is 1. The Labute approximate surface area is 144 Å². The number of rotatable bonds is 3. The van der Waals surface area contributed by atoms with Crippen LogP contribution in [0.25, 0.3) is 11.5 Å². The molecule has 0 N–H and O–H groups in total. The van der Waals surface area contributed by atoms with Crippen molar-refractivity contribution in [2.24, 2.45) is 0 Å². The summed E-state index contributed by atoms with van der Waals surface area (Å²) in [7, 11) is 0. The SMILES string of the molecule is Cc1noc(-c2cccnc2N2C[C@@H](C)O[C@@H](c3ccsc3)C2)n1. The molecule has 0 aromatic carbocycles. The van der Waals surface area contributed by atoms with Gasteiger partial charge >= 0.3 is 0 Å². The first-order valence-corrected chi connectivity index (χ1v) is 8.83. The largest absolute Gasteiger partial charge is 0.367 e. The number of aromatic nitrogens is 3. The maximum absolute atomic E-state index is 6.12. The molecule has 2 atom stereocenters. The van der Waals surface area contributed by atoms with Crippen molar-refractivity contribution >= 4 is 17.2 Å². The molecule has 4 heterocycles. The predicted molar refractivity (Wildman–Crippen MR) is 92.1 cm³/mol. The lowest BCUT2D eigenvalue weighted by atomic mass is 10.1. The minimum absolute atomic E-state index is 0.0410. The highest BCUT2D eigenvalue weighted by molar-refractivity contribution is 7.07. The smallest absolute Gasteiger partial charge is 0.261 e. The second-order valence-electron chi connectivity index (χ2n) is 5.92. The topological polar surface area (TPSA) is 64.3 Å². The molecule has 6 nitrogen and oxygen atoms in total. The van der Waals surface area contributed by atoms with Gasteiger partial charge in [-0.25, -0.2) is 4.98 Å². The van der Waals surface area contributed by atoms with E-state index >= 15 is 0 Å². The summed E-state index contributed by atoms with van der Waals surface area (Å²) in [6, 6.07) is 5.97. The molecule has 124 valence electrons. The average molecular weight is 342 g/mol. The summed E-state index contributed by atoms with van der Waals surface area (Å²) in [4.78, 5) is 11.2. The summed E-state index contributed by atoms with van der Waals surface area (Å²) in [5.74, 6) is 1.98. The Morgan fingerprint density at radius 1 is 1.29 bits per heavy atom. The molecule has 1 aliphatic rings. The number of anilines is 1. The third kappa shape index (κ3) is 2.92. The molecule has 4 rings (SSSR count). The molecular weight excluding hydrogens is 324 g/mol. The molecule has 1 fully saturated rings. The van der Waals surface area contributed by atoms with E-state index in [4.69, 9.17) is 9.26 Å². The van der Waals surface area contributed by atoms with Gasteiger partial charge in [0.25, 0.3) is 5.89 Å². The number of thiophene rings is 1. The van der Waals surface area contributed by atoms with Crippen LogP contribution in [0.5, 0.6) is 0 Å². The number of ether oxygens (including phenoxy) is 1. The van der Waals surface area contributed by atoms with Gasteiger partial charge in [0.2, 0.25) is 0 Å². The van der Waals surface area contributed by atoms with Crippen LogP contribution in [-0.4, -0.2) is 34.3 Å². The number of morpholine rings is 1. The zero-order chi connectivity index (χ0) is 16.5. The highest BCUT2D eigenvalue weighted by Gasteiger charge is 2.29. The van der Waals surface area contributed by atoms with Crippen LogP contribution >= 0.6 is 11.3 Å². The van der Waals surface area contributed by atoms with Crippen molar-refractivity contribution in [3.05, 3.63) is 46.5 Å². The van der Waals surface area contributed by atoms with Crippen LogP contribution in [0.1, 0.15) is 24.4 Å². The van der Waals surface area contributed by atoms with Crippen molar-refractivity contribution in [2.45, 2.75) is 26.1 Å². The Balaban J connectivity index is 1.68. The molecule has 1 aliphatic heterocycles. The molecule has 0 unspecified atom stereocenters. The van der Waals surface area contributed by atoms with Gasteiger partial charge in [-0.3, -0.25) is 0 Å². The van der Waals surface area contributed by atoms with E-state index in [2.05, 4.69) is 43.8 Å². The molecule has 0 saturated carbocycles. The molecule has 0 radical (unpaired) electrons. The molecule has 24 heavy (non-hydrogen) atoms. The fourth-order valence-corrected chi connectivity index (χ4v) is 3.69. The lowest BCUT2D eigenvalue weighted by Gasteiger charge is -2.37. The Kier molecular flexibility index (Phi) is 4.03. The third-order valence-corrected chi connectivity index (χ3v) is 4.72. The summed E-state index contributed by atoms with van der Waals surface area (Å²) in [6.07, 6.45) is 1.95. The van der Waals surface area contributed by atoms with E-state index < -0.39 is 0 Å². The molecule has 0 spiro atoms.